The van der Waals surface area contributed by atoms with Crippen LogP contribution in [0.5, 0.6) is 11.5 Å². The van der Waals surface area contributed by atoms with Gasteiger partial charge in [0.25, 0.3) is 8.53 Å². The van der Waals surface area contributed by atoms with E-state index >= 15 is 0 Å². The molecule has 0 aromatic heterocycles. The summed E-state index contributed by atoms with van der Waals surface area (Å²) in [6.45, 7) is 9.93. The minimum absolute atomic E-state index is 0.0183. The predicted molar refractivity (Wildman–Crippen MR) is 154 cm³/mol. The van der Waals surface area contributed by atoms with Crippen molar-refractivity contribution in [3.8, 4) is 17.6 Å². The number of unbranched alkanes of at least 4 members (excludes halogenated alkanes) is 2. The summed E-state index contributed by atoms with van der Waals surface area (Å²) < 4.78 is 30.4. The summed E-state index contributed by atoms with van der Waals surface area (Å²) in [5.74, 6) is 0.832. The van der Waals surface area contributed by atoms with Crippen molar-refractivity contribution in [3.05, 3.63) is 23.8 Å². The van der Waals surface area contributed by atoms with Crippen LogP contribution in [0.4, 0.5) is 0 Å². The van der Waals surface area contributed by atoms with E-state index in [4.69, 9.17) is 28.5 Å². The zero-order valence-corrected chi connectivity index (χ0v) is 25.8. The van der Waals surface area contributed by atoms with E-state index in [0.717, 1.165) is 31.2 Å². The third kappa shape index (κ3) is 10.5. The van der Waals surface area contributed by atoms with Gasteiger partial charge < -0.3 is 28.2 Å². The van der Waals surface area contributed by atoms with Gasteiger partial charge in [0.05, 0.1) is 39.9 Å². The highest BCUT2D eigenvalue weighted by Crippen LogP contribution is 2.46. The molecule has 0 aliphatic carbocycles. The molecule has 11 heteroatoms. The molecule has 0 spiro atoms. The lowest BCUT2D eigenvalue weighted by Gasteiger charge is -2.35. The second kappa shape index (κ2) is 18.1. The summed E-state index contributed by atoms with van der Waals surface area (Å²) in [4.78, 5) is 27.4. The van der Waals surface area contributed by atoms with E-state index in [1.54, 1.807) is 37.3 Å². The SMILES string of the molecule is COc1ccc(COC(=O)[C@@H]2CCCN2C(=O)CCCCCOP(OCCC#N)N(C(C)C)C(C)C)c(OC)c1. The Morgan fingerprint density at radius 3 is 2.45 bits per heavy atom. The monoisotopic (exact) mass is 579 g/mol. The molecule has 2 rings (SSSR count). The van der Waals surface area contributed by atoms with Gasteiger partial charge in [-0.15, -0.1) is 0 Å². The fraction of sp³-hybridized carbons (Fsp3) is 0.690. The fourth-order valence-corrected chi connectivity index (χ4v) is 6.31. The highest BCUT2D eigenvalue weighted by atomic mass is 31.2. The quantitative estimate of drug-likeness (QED) is 0.125. The maximum absolute atomic E-state index is 12.9. The van der Waals surface area contributed by atoms with Crippen LogP contribution in [-0.2, 0) is 30.0 Å². The minimum atomic E-state index is -1.25. The standard InChI is InChI=1S/C29H46N3O7P/c1-22(2)32(23(3)4)40(39-19-11-16-30)38-18-9-7-8-13-28(33)31-17-10-12-26(31)29(34)37-21-24-14-15-25(35-5)20-27(24)36-6/h14-15,20,22-23,26H,7-13,17-19,21H2,1-6H3/t26-,40?/m0/s1. The molecule has 1 fully saturated rings. The number of nitrogens with zero attached hydrogens (tertiary/aromatic N) is 3. The van der Waals surface area contributed by atoms with E-state index < -0.39 is 14.6 Å². The molecule has 1 saturated heterocycles. The average Bonchev–Trinajstić information content (AvgIpc) is 3.43. The Morgan fingerprint density at radius 1 is 1.07 bits per heavy atom. The summed E-state index contributed by atoms with van der Waals surface area (Å²) in [6.07, 6.45) is 4.44. The smallest absolute Gasteiger partial charge is 0.329 e. The van der Waals surface area contributed by atoms with E-state index in [9.17, 15) is 9.59 Å². The Bertz CT molecular complexity index is 961. The molecule has 1 aliphatic heterocycles. The number of carbonyl (C=O) groups is 2. The van der Waals surface area contributed by atoms with E-state index in [2.05, 4.69) is 38.4 Å². The first kappa shape index (κ1) is 33.8. The van der Waals surface area contributed by atoms with Gasteiger partial charge >= 0.3 is 5.97 Å². The highest BCUT2D eigenvalue weighted by Gasteiger charge is 2.35. The molecule has 0 N–H and O–H groups in total. The number of ether oxygens (including phenoxy) is 3. The van der Waals surface area contributed by atoms with Gasteiger partial charge in [0.1, 0.15) is 24.1 Å². The number of amides is 1. The first-order valence-electron chi connectivity index (χ1n) is 14.1. The Labute approximate surface area is 240 Å². The minimum Gasteiger partial charge on any atom is -0.497 e. The van der Waals surface area contributed by atoms with Crippen molar-refractivity contribution >= 4 is 20.4 Å². The van der Waals surface area contributed by atoms with Gasteiger partial charge in [0, 0.05) is 36.7 Å². The number of methoxy groups -OCH3 is 2. The zero-order chi connectivity index (χ0) is 29.5. The number of hydrogen-bond acceptors (Lipinski definition) is 9. The van der Waals surface area contributed by atoms with Gasteiger partial charge in [0.15, 0.2) is 0 Å². The van der Waals surface area contributed by atoms with Crippen LogP contribution >= 0.6 is 8.53 Å². The fourth-order valence-electron chi connectivity index (χ4n) is 4.68. The summed E-state index contributed by atoms with van der Waals surface area (Å²) in [5, 5.41) is 8.85. The Balaban J connectivity index is 1.77. The number of benzene rings is 1. The third-order valence-electron chi connectivity index (χ3n) is 6.61. The molecule has 1 unspecified atom stereocenters. The second-order valence-electron chi connectivity index (χ2n) is 10.2. The third-order valence-corrected chi connectivity index (χ3v) is 8.72. The zero-order valence-electron chi connectivity index (χ0n) is 24.9. The van der Waals surface area contributed by atoms with E-state index in [0.29, 0.717) is 50.5 Å². The van der Waals surface area contributed by atoms with Gasteiger partial charge in [0.2, 0.25) is 5.91 Å². The van der Waals surface area contributed by atoms with E-state index in [1.165, 1.54) is 0 Å². The van der Waals surface area contributed by atoms with Crippen LogP contribution in [0.2, 0.25) is 0 Å². The topological polar surface area (TPSA) is 111 Å². The van der Waals surface area contributed by atoms with Crippen LogP contribution in [0, 0.1) is 11.3 Å². The van der Waals surface area contributed by atoms with Gasteiger partial charge in [-0.1, -0.05) is 6.42 Å². The number of rotatable bonds is 18. The van der Waals surface area contributed by atoms with Crippen molar-refractivity contribution in [3.63, 3.8) is 0 Å². The van der Waals surface area contributed by atoms with Crippen molar-refractivity contribution in [2.75, 3.05) is 34.0 Å². The first-order chi connectivity index (χ1) is 19.2. The van der Waals surface area contributed by atoms with Crippen molar-refractivity contribution in [2.24, 2.45) is 0 Å². The number of carbonyl (C=O) groups excluding carboxylic acids is 2. The summed E-state index contributed by atoms with van der Waals surface area (Å²) >= 11 is 0. The summed E-state index contributed by atoms with van der Waals surface area (Å²) in [5.41, 5.74) is 0.735. The number of likely N-dealkylation sites (tertiary alicyclic amines) is 1. The van der Waals surface area contributed by atoms with Gasteiger partial charge in [-0.05, 0) is 65.5 Å². The van der Waals surface area contributed by atoms with Gasteiger partial charge in [-0.3, -0.25) is 4.79 Å². The lowest BCUT2D eigenvalue weighted by atomic mass is 10.1. The lowest BCUT2D eigenvalue weighted by Crippen LogP contribution is -2.41. The van der Waals surface area contributed by atoms with Crippen molar-refractivity contribution in [1.29, 1.82) is 5.26 Å². The van der Waals surface area contributed by atoms with Crippen LogP contribution < -0.4 is 9.47 Å². The van der Waals surface area contributed by atoms with Gasteiger partial charge in [-0.2, -0.15) is 5.26 Å². The van der Waals surface area contributed by atoms with Crippen molar-refractivity contribution in [2.45, 2.75) is 97.4 Å². The average molecular weight is 580 g/mol. The number of nitriles is 1. The van der Waals surface area contributed by atoms with Crippen LogP contribution in [0.15, 0.2) is 18.2 Å². The van der Waals surface area contributed by atoms with Crippen molar-refractivity contribution < 1.29 is 32.8 Å². The molecule has 40 heavy (non-hydrogen) atoms. The molecule has 1 aliphatic rings. The molecule has 10 nitrogen and oxygen atoms in total. The molecule has 2 atom stereocenters. The van der Waals surface area contributed by atoms with Crippen LogP contribution in [0.1, 0.15) is 78.2 Å². The predicted octanol–water partition coefficient (Wildman–Crippen LogP) is 5.59. The summed E-state index contributed by atoms with van der Waals surface area (Å²) in [6, 6.07) is 7.40. The molecule has 224 valence electrons. The Morgan fingerprint density at radius 2 is 1.80 bits per heavy atom. The largest absolute Gasteiger partial charge is 0.497 e. The number of esters is 1. The highest BCUT2D eigenvalue weighted by molar-refractivity contribution is 7.44. The summed E-state index contributed by atoms with van der Waals surface area (Å²) in [7, 11) is 1.88. The maximum Gasteiger partial charge on any atom is 0.329 e. The Hall–Kier alpha value is -2.44. The van der Waals surface area contributed by atoms with Crippen molar-refractivity contribution in [1.82, 2.24) is 9.57 Å². The number of hydrogen-bond donors (Lipinski definition) is 0. The molecule has 1 aromatic carbocycles. The normalized spacial score (nSPS) is 15.9. The lowest BCUT2D eigenvalue weighted by molar-refractivity contribution is -0.154. The molecule has 1 amide bonds. The van der Waals surface area contributed by atoms with E-state index in [-0.39, 0.29) is 30.6 Å². The Kier molecular flexibility index (Phi) is 15.3. The molecule has 1 aromatic rings. The molecule has 0 bridgehead atoms. The molecule has 1 heterocycles. The van der Waals surface area contributed by atoms with Gasteiger partial charge in [-0.25, -0.2) is 9.46 Å². The maximum atomic E-state index is 12.9. The van der Waals surface area contributed by atoms with Crippen LogP contribution in [0.25, 0.3) is 0 Å². The molecule has 0 radical (unpaired) electrons. The molecular formula is C29H46N3O7P. The van der Waals surface area contributed by atoms with E-state index in [1.807, 2.05) is 0 Å². The first-order valence-corrected chi connectivity index (χ1v) is 15.2. The van der Waals surface area contributed by atoms with Crippen LogP contribution in [0.3, 0.4) is 0 Å². The second-order valence-corrected chi connectivity index (χ2v) is 11.7. The molecule has 0 saturated carbocycles. The van der Waals surface area contributed by atoms with Crippen LogP contribution in [-0.4, -0.2) is 73.6 Å². The molecular weight excluding hydrogens is 533 g/mol.